The summed E-state index contributed by atoms with van der Waals surface area (Å²) in [6.07, 6.45) is 9.20. The highest BCUT2D eigenvalue weighted by molar-refractivity contribution is 7.18. The van der Waals surface area contributed by atoms with Gasteiger partial charge in [-0.3, -0.25) is 0 Å². The monoisotopic (exact) mass is 395 g/mol. The standard InChI is InChI=1S/C20H18FN5OS/c21-15-4-2-1-3-14(15)18-19-22-7-8-26(19)12-16(25-18)17-11-23-20(28-17)24-13-5-9-27-10-6-13/h1-4,7-8,11-13H,5-6,9-10H2,(H,23,24). The Kier molecular flexibility index (Phi) is 4.50. The molecule has 1 N–H and O–H groups in total. The molecule has 4 aromatic rings. The molecule has 0 aliphatic carbocycles. The second-order valence-corrected chi connectivity index (χ2v) is 7.70. The van der Waals surface area contributed by atoms with Crippen molar-refractivity contribution in [1.82, 2.24) is 19.4 Å². The summed E-state index contributed by atoms with van der Waals surface area (Å²) in [5, 5.41) is 4.34. The van der Waals surface area contributed by atoms with Crippen molar-refractivity contribution in [2.24, 2.45) is 0 Å². The van der Waals surface area contributed by atoms with Gasteiger partial charge < -0.3 is 14.5 Å². The number of halogens is 1. The molecule has 0 bridgehead atoms. The molecule has 5 rings (SSSR count). The Morgan fingerprint density at radius 1 is 1.18 bits per heavy atom. The molecule has 1 aromatic carbocycles. The quantitative estimate of drug-likeness (QED) is 0.560. The van der Waals surface area contributed by atoms with E-state index in [9.17, 15) is 4.39 Å². The van der Waals surface area contributed by atoms with E-state index >= 15 is 0 Å². The summed E-state index contributed by atoms with van der Waals surface area (Å²) in [6.45, 7) is 1.56. The largest absolute Gasteiger partial charge is 0.381 e. The summed E-state index contributed by atoms with van der Waals surface area (Å²) >= 11 is 1.55. The number of imidazole rings is 1. The molecule has 0 amide bonds. The zero-order valence-corrected chi connectivity index (χ0v) is 15.8. The van der Waals surface area contributed by atoms with Gasteiger partial charge in [-0.25, -0.2) is 19.3 Å². The number of benzene rings is 1. The first-order chi connectivity index (χ1) is 13.8. The smallest absolute Gasteiger partial charge is 0.183 e. The maximum absolute atomic E-state index is 14.4. The minimum Gasteiger partial charge on any atom is -0.381 e. The van der Waals surface area contributed by atoms with Crippen LogP contribution < -0.4 is 5.32 Å². The second kappa shape index (κ2) is 7.29. The molecule has 8 heteroatoms. The molecule has 142 valence electrons. The topological polar surface area (TPSA) is 64.3 Å². The number of rotatable bonds is 4. The van der Waals surface area contributed by atoms with Crippen molar-refractivity contribution in [3.05, 3.63) is 54.9 Å². The van der Waals surface area contributed by atoms with Gasteiger partial charge in [-0.15, -0.1) is 0 Å². The average Bonchev–Trinajstić information content (AvgIpc) is 3.38. The van der Waals surface area contributed by atoms with Crippen molar-refractivity contribution >= 4 is 22.1 Å². The summed E-state index contributed by atoms with van der Waals surface area (Å²) in [5.74, 6) is -0.316. The van der Waals surface area contributed by atoms with Crippen molar-refractivity contribution < 1.29 is 9.13 Å². The van der Waals surface area contributed by atoms with Crippen LogP contribution in [0.3, 0.4) is 0 Å². The molecule has 0 saturated carbocycles. The number of fused-ring (bicyclic) bond motifs is 1. The highest BCUT2D eigenvalue weighted by atomic mass is 32.1. The predicted molar refractivity (Wildman–Crippen MR) is 107 cm³/mol. The van der Waals surface area contributed by atoms with Gasteiger partial charge in [0.05, 0.1) is 10.6 Å². The Morgan fingerprint density at radius 3 is 2.89 bits per heavy atom. The summed E-state index contributed by atoms with van der Waals surface area (Å²) in [6, 6.07) is 7.01. The second-order valence-electron chi connectivity index (χ2n) is 6.67. The molecule has 0 unspecified atom stereocenters. The third-order valence-corrected chi connectivity index (χ3v) is 5.76. The van der Waals surface area contributed by atoms with Gasteiger partial charge in [-0.2, -0.15) is 0 Å². The molecule has 0 atom stereocenters. The number of nitrogens with zero attached hydrogens (tertiary/aromatic N) is 4. The van der Waals surface area contributed by atoms with Gasteiger partial charge in [0.1, 0.15) is 11.5 Å². The van der Waals surface area contributed by atoms with Gasteiger partial charge in [-0.1, -0.05) is 23.5 Å². The van der Waals surface area contributed by atoms with Crippen LogP contribution in [-0.4, -0.2) is 38.6 Å². The fourth-order valence-corrected chi connectivity index (χ4v) is 4.21. The molecule has 6 nitrogen and oxygen atoms in total. The molecule has 1 saturated heterocycles. The maximum atomic E-state index is 14.4. The van der Waals surface area contributed by atoms with Crippen molar-refractivity contribution in [1.29, 1.82) is 0 Å². The molecule has 28 heavy (non-hydrogen) atoms. The molecule has 4 heterocycles. The van der Waals surface area contributed by atoms with Gasteiger partial charge in [0.2, 0.25) is 0 Å². The summed E-state index contributed by atoms with van der Waals surface area (Å²) in [4.78, 5) is 14.5. The first kappa shape index (κ1) is 17.3. The predicted octanol–water partition coefficient (Wildman–Crippen LogP) is 4.25. The van der Waals surface area contributed by atoms with Crippen molar-refractivity contribution in [3.63, 3.8) is 0 Å². The molecule has 1 fully saturated rings. The van der Waals surface area contributed by atoms with Crippen LogP contribution in [0.4, 0.5) is 9.52 Å². The molecular formula is C20H18FN5OS. The minimum absolute atomic E-state index is 0.316. The Morgan fingerprint density at radius 2 is 2.04 bits per heavy atom. The van der Waals surface area contributed by atoms with Crippen LogP contribution in [0, 0.1) is 5.82 Å². The maximum Gasteiger partial charge on any atom is 0.183 e. The first-order valence-corrected chi connectivity index (χ1v) is 9.99. The van der Waals surface area contributed by atoms with E-state index in [-0.39, 0.29) is 5.82 Å². The van der Waals surface area contributed by atoms with Crippen molar-refractivity contribution in [2.75, 3.05) is 18.5 Å². The van der Waals surface area contributed by atoms with E-state index in [2.05, 4.69) is 15.3 Å². The van der Waals surface area contributed by atoms with E-state index in [1.807, 2.05) is 23.0 Å². The van der Waals surface area contributed by atoms with Gasteiger partial charge in [0, 0.05) is 49.6 Å². The SMILES string of the molecule is Fc1ccccc1-c1nc(-c2cnc(NC3CCOCC3)s2)cn2ccnc12. The van der Waals surface area contributed by atoms with E-state index < -0.39 is 0 Å². The zero-order valence-electron chi connectivity index (χ0n) is 15.0. The van der Waals surface area contributed by atoms with Gasteiger partial charge in [0.25, 0.3) is 0 Å². The molecule has 0 radical (unpaired) electrons. The van der Waals surface area contributed by atoms with E-state index in [0.717, 1.165) is 41.8 Å². The number of thiazole rings is 1. The molecule has 1 aliphatic rings. The zero-order chi connectivity index (χ0) is 18.9. The highest BCUT2D eigenvalue weighted by Gasteiger charge is 2.18. The van der Waals surface area contributed by atoms with Crippen molar-refractivity contribution in [3.8, 4) is 21.8 Å². The molecule has 3 aromatic heterocycles. The number of hydrogen-bond donors (Lipinski definition) is 1. The summed E-state index contributed by atoms with van der Waals surface area (Å²) < 4.78 is 21.7. The lowest BCUT2D eigenvalue weighted by molar-refractivity contribution is 0.0904. The Bertz CT molecular complexity index is 1120. The Balaban J connectivity index is 1.52. The van der Waals surface area contributed by atoms with Crippen LogP contribution in [0.2, 0.25) is 0 Å². The lowest BCUT2D eigenvalue weighted by Gasteiger charge is -2.22. The molecular weight excluding hydrogens is 377 g/mol. The molecule has 0 spiro atoms. The van der Waals surface area contributed by atoms with Crippen LogP contribution in [-0.2, 0) is 4.74 Å². The summed E-state index contributed by atoms with van der Waals surface area (Å²) in [7, 11) is 0. The van der Waals surface area contributed by atoms with Gasteiger partial charge in [-0.05, 0) is 25.0 Å². The third-order valence-electron chi connectivity index (χ3n) is 4.81. The van der Waals surface area contributed by atoms with E-state index in [1.165, 1.54) is 6.07 Å². The average molecular weight is 395 g/mol. The third kappa shape index (κ3) is 3.25. The number of aromatic nitrogens is 4. The highest BCUT2D eigenvalue weighted by Crippen LogP contribution is 2.32. The Hall–Kier alpha value is -2.84. The number of nitrogens with one attached hydrogen (secondary N) is 1. The van der Waals surface area contributed by atoms with Crippen LogP contribution in [0.5, 0.6) is 0 Å². The lowest BCUT2D eigenvalue weighted by atomic mass is 10.1. The van der Waals surface area contributed by atoms with Crippen LogP contribution in [0.15, 0.2) is 49.1 Å². The van der Waals surface area contributed by atoms with E-state index in [1.54, 1.807) is 35.7 Å². The summed E-state index contributed by atoms with van der Waals surface area (Å²) in [5.41, 5.74) is 2.32. The minimum atomic E-state index is -0.316. The lowest BCUT2D eigenvalue weighted by Crippen LogP contribution is -2.27. The number of anilines is 1. The normalized spacial score (nSPS) is 15.2. The van der Waals surface area contributed by atoms with Crippen molar-refractivity contribution in [2.45, 2.75) is 18.9 Å². The van der Waals surface area contributed by atoms with Crippen LogP contribution in [0.1, 0.15) is 12.8 Å². The molecule has 1 aliphatic heterocycles. The van der Waals surface area contributed by atoms with Gasteiger partial charge >= 0.3 is 0 Å². The van der Waals surface area contributed by atoms with Crippen LogP contribution >= 0.6 is 11.3 Å². The number of ether oxygens (including phenoxy) is 1. The number of hydrogen-bond acceptors (Lipinski definition) is 6. The fraction of sp³-hybridized carbons (Fsp3) is 0.250. The van der Waals surface area contributed by atoms with Gasteiger partial charge in [0.15, 0.2) is 10.8 Å². The fourth-order valence-electron chi connectivity index (χ4n) is 3.36. The van der Waals surface area contributed by atoms with E-state index in [0.29, 0.717) is 22.9 Å². The Labute approximate surface area is 165 Å². The van der Waals surface area contributed by atoms with Crippen LogP contribution in [0.25, 0.3) is 27.5 Å². The first-order valence-electron chi connectivity index (χ1n) is 9.17. The van der Waals surface area contributed by atoms with E-state index in [4.69, 9.17) is 9.72 Å².